The van der Waals surface area contributed by atoms with Crippen LogP contribution in [0.3, 0.4) is 0 Å². The molecule has 1 heterocycles. The first-order chi connectivity index (χ1) is 12.2. The third-order valence-corrected chi connectivity index (χ3v) is 6.13. The molecule has 3 aliphatic rings. The Morgan fingerprint density at radius 3 is 2.60 bits per heavy atom. The van der Waals surface area contributed by atoms with E-state index in [9.17, 15) is 4.79 Å². The summed E-state index contributed by atoms with van der Waals surface area (Å²) in [5.74, 6) is 3.07. The smallest absolute Gasteiger partial charge is 0.260 e. The van der Waals surface area contributed by atoms with Gasteiger partial charge in [-0.15, -0.1) is 0 Å². The van der Waals surface area contributed by atoms with Gasteiger partial charge in [-0.2, -0.15) is 0 Å². The minimum absolute atomic E-state index is 0.0439. The van der Waals surface area contributed by atoms with E-state index in [-0.39, 0.29) is 12.5 Å². The molecular weight excluding hydrogens is 336 g/mol. The SMILES string of the molecule is O=C(COc1ccccc1Cl)N1CCN(CC2CC3C=CC2C3)CC1. The summed E-state index contributed by atoms with van der Waals surface area (Å²) in [4.78, 5) is 16.8. The summed E-state index contributed by atoms with van der Waals surface area (Å²) in [7, 11) is 0. The van der Waals surface area contributed by atoms with Crippen LogP contribution >= 0.6 is 11.6 Å². The highest BCUT2D eigenvalue weighted by atomic mass is 35.5. The summed E-state index contributed by atoms with van der Waals surface area (Å²) in [5.41, 5.74) is 0. The number of carbonyl (C=O) groups is 1. The molecule has 0 spiro atoms. The number of nitrogens with zero attached hydrogens (tertiary/aromatic N) is 2. The lowest BCUT2D eigenvalue weighted by Gasteiger charge is -2.36. The van der Waals surface area contributed by atoms with E-state index in [4.69, 9.17) is 16.3 Å². The number of carbonyl (C=O) groups excluding carboxylic acids is 1. The van der Waals surface area contributed by atoms with Crippen molar-refractivity contribution < 1.29 is 9.53 Å². The van der Waals surface area contributed by atoms with E-state index < -0.39 is 0 Å². The number of fused-ring (bicyclic) bond motifs is 2. The van der Waals surface area contributed by atoms with E-state index in [0.717, 1.165) is 43.9 Å². The molecule has 4 nitrogen and oxygen atoms in total. The number of amides is 1. The molecule has 2 fully saturated rings. The molecule has 0 aromatic heterocycles. The maximum Gasteiger partial charge on any atom is 0.260 e. The van der Waals surface area contributed by atoms with E-state index in [0.29, 0.717) is 10.8 Å². The van der Waals surface area contributed by atoms with Crippen LogP contribution in [0, 0.1) is 17.8 Å². The minimum Gasteiger partial charge on any atom is -0.482 e. The molecule has 1 aromatic carbocycles. The van der Waals surface area contributed by atoms with E-state index in [1.807, 2.05) is 17.0 Å². The van der Waals surface area contributed by atoms with E-state index >= 15 is 0 Å². The van der Waals surface area contributed by atoms with Crippen LogP contribution in [0.4, 0.5) is 0 Å². The monoisotopic (exact) mass is 360 g/mol. The summed E-state index contributed by atoms with van der Waals surface area (Å²) >= 11 is 6.06. The van der Waals surface area contributed by atoms with E-state index in [1.165, 1.54) is 19.4 Å². The highest BCUT2D eigenvalue weighted by Crippen LogP contribution is 2.43. The van der Waals surface area contributed by atoms with Crippen LogP contribution in [0.25, 0.3) is 0 Å². The second-order valence-corrected chi connectivity index (χ2v) is 7.85. The Bertz CT molecular complexity index is 655. The molecule has 2 bridgehead atoms. The number of halogens is 1. The zero-order chi connectivity index (χ0) is 17.2. The predicted molar refractivity (Wildman–Crippen MR) is 98.8 cm³/mol. The molecular formula is C20H25ClN2O2. The van der Waals surface area contributed by atoms with Crippen LogP contribution in [-0.2, 0) is 4.79 Å². The Balaban J connectivity index is 1.21. The van der Waals surface area contributed by atoms with E-state index in [2.05, 4.69) is 17.1 Å². The minimum atomic E-state index is 0.0439. The maximum absolute atomic E-state index is 12.4. The first-order valence-corrected chi connectivity index (χ1v) is 9.62. The van der Waals surface area contributed by atoms with Crippen molar-refractivity contribution in [2.45, 2.75) is 12.8 Å². The number of ether oxygens (including phenoxy) is 1. The molecule has 0 radical (unpaired) electrons. The topological polar surface area (TPSA) is 32.8 Å². The van der Waals surface area contributed by atoms with Crippen molar-refractivity contribution in [2.75, 3.05) is 39.3 Å². The molecule has 1 aliphatic heterocycles. The third-order valence-electron chi connectivity index (χ3n) is 5.82. The van der Waals surface area contributed by atoms with Crippen molar-refractivity contribution in [3.8, 4) is 5.75 Å². The quantitative estimate of drug-likeness (QED) is 0.756. The first-order valence-electron chi connectivity index (χ1n) is 9.25. The zero-order valence-electron chi connectivity index (χ0n) is 14.4. The number of allylic oxidation sites excluding steroid dienone is 2. The van der Waals surface area contributed by atoms with Gasteiger partial charge in [0.05, 0.1) is 5.02 Å². The zero-order valence-corrected chi connectivity index (χ0v) is 15.2. The van der Waals surface area contributed by atoms with Gasteiger partial charge in [-0.1, -0.05) is 35.9 Å². The van der Waals surface area contributed by atoms with Crippen LogP contribution < -0.4 is 4.74 Å². The Kier molecular flexibility index (Phi) is 5.00. The van der Waals surface area contributed by atoms with Crippen molar-refractivity contribution in [3.05, 3.63) is 41.4 Å². The highest BCUT2D eigenvalue weighted by Gasteiger charge is 2.36. The molecule has 134 valence electrons. The van der Waals surface area contributed by atoms with Gasteiger partial charge in [0, 0.05) is 32.7 Å². The number of rotatable bonds is 5. The fraction of sp³-hybridized carbons (Fsp3) is 0.550. The lowest BCUT2D eigenvalue weighted by atomic mass is 9.93. The maximum atomic E-state index is 12.4. The second kappa shape index (κ2) is 7.38. The standard InChI is InChI=1S/C20H25ClN2O2/c21-18-3-1-2-4-19(18)25-14-20(24)23-9-7-22(8-10-23)13-17-12-15-5-6-16(17)11-15/h1-6,15-17H,7-14H2. The van der Waals surface area contributed by atoms with Crippen molar-refractivity contribution in [2.24, 2.45) is 17.8 Å². The molecule has 2 aliphatic carbocycles. The van der Waals surface area contributed by atoms with Crippen LogP contribution in [0.15, 0.2) is 36.4 Å². The summed E-state index contributed by atoms with van der Waals surface area (Å²) in [5, 5.41) is 0.542. The normalized spacial score (nSPS) is 28.5. The summed E-state index contributed by atoms with van der Waals surface area (Å²) < 4.78 is 5.58. The Morgan fingerprint density at radius 1 is 1.12 bits per heavy atom. The Labute approximate surface area is 154 Å². The number of hydrogen-bond acceptors (Lipinski definition) is 3. The van der Waals surface area contributed by atoms with Gasteiger partial charge in [-0.3, -0.25) is 9.69 Å². The highest BCUT2D eigenvalue weighted by molar-refractivity contribution is 6.32. The van der Waals surface area contributed by atoms with Gasteiger partial charge < -0.3 is 9.64 Å². The fourth-order valence-corrected chi connectivity index (χ4v) is 4.60. The summed E-state index contributed by atoms with van der Waals surface area (Å²) in [6, 6.07) is 7.26. The van der Waals surface area contributed by atoms with Gasteiger partial charge >= 0.3 is 0 Å². The molecule has 1 saturated carbocycles. The van der Waals surface area contributed by atoms with Gasteiger partial charge in [0.1, 0.15) is 5.75 Å². The van der Waals surface area contributed by atoms with Gasteiger partial charge in [0.15, 0.2) is 6.61 Å². The molecule has 4 rings (SSSR count). The fourth-order valence-electron chi connectivity index (χ4n) is 4.41. The van der Waals surface area contributed by atoms with Crippen LogP contribution in [0.5, 0.6) is 5.75 Å². The van der Waals surface area contributed by atoms with Crippen molar-refractivity contribution in [3.63, 3.8) is 0 Å². The van der Waals surface area contributed by atoms with Gasteiger partial charge in [0.2, 0.25) is 0 Å². The largest absolute Gasteiger partial charge is 0.482 e. The molecule has 0 N–H and O–H groups in total. The second-order valence-electron chi connectivity index (χ2n) is 7.44. The molecule has 3 atom stereocenters. The van der Waals surface area contributed by atoms with Crippen molar-refractivity contribution in [1.82, 2.24) is 9.80 Å². The summed E-state index contributed by atoms with van der Waals surface area (Å²) in [6.07, 6.45) is 7.54. The molecule has 3 unspecified atom stereocenters. The predicted octanol–water partition coefficient (Wildman–Crippen LogP) is 3.08. The van der Waals surface area contributed by atoms with Crippen LogP contribution in [0.1, 0.15) is 12.8 Å². The molecule has 1 amide bonds. The molecule has 25 heavy (non-hydrogen) atoms. The first kappa shape index (κ1) is 16.9. The van der Waals surface area contributed by atoms with Crippen molar-refractivity contribution in [1.29, 1.82) is 0 Å². The van der Waals surface area contributed by atoms with Crippen molar-refractivity contribution >= 4 is 17.5 Å². The number of piperazine rings is 1. The molecule has 1 saturated heterocycles. The van der Waals surface area contributed by atoms with E-state index in [1.54, 1.807) is 12.1 Å². The lowest BCUT2D eigenvalue weighted by molar-refractivity contribution is -0.135. The van der Waals surface area contributed by atoms with Crippen LogP contribution in [0.2, 0.25) is 5.02 Å². The number of benzene rings is 1. The Morgan fingerprint density at radius 2 is 1.92 bits per heavy atom. The Hall–Kier alpha value is -1.52. The molecule has 1 aromatic rings. The van der Waals surface area contributed by atoms with Gasteiger partial charge in [-0.05, 0) is 42.7 Å². The lowest BCUT2D eigenvalue weighted by Crippen LogP contribution is -2.51. The molecule has 5 heteroatoms. The number of hydrogen-bond donors (Lipinski definition) is 0. The van der Waals surface area contributed by atoms with Crippen LogP contribution in [-0.4, -0.2) is 55.0 Å². The summed E-state index contributed by atoms with van der Waals surface area (Å²) in [6.45, 7) is 4.76. The van der Waals surface area contributed by atoms with Gasteiger partial charge in [-0.25, -0.2) is 0 Å². The third kappa shape index (κ3) is 3.85. The van der Waals surface area contributed by atoms with Gasteiger partial charge in [0.25, 0.3) is 5.91 Å². The average molecular weight is 361 g/mol. The number of para-hydroxylation sites is 1. The average Bonchev–Trinajstić information content (AvgIpc) is 3.24.